The van der Waals surface area contributed by atoms with Gasteiger partial charge in [-0.05, 0) is 62.8 Å². The lowest BCUT2D eigenvalue weighted by molar-refractivity contribution is -0.119. The van der Waals surface area contributed by atoms with Crippen LogP contribution in [-0.4, -0.2) is 20.3 Å². The van der Waals surface area contributed by atoms with E-state index in [1.165, 1.54) is 22.6 Å². The fourth-order valence-electron chi connectivity index (χ4n) is 4.62. The number of benzene rings is 2. The molecule has 5 rings (SSSR count). The molecule has 0 fully saturated rings. The summed E-state index contributed by atoms with van der Waals surface area (Å²) in [5.74, 6) is 0.890. The molecular formula is C27H27FN4OS. The summed E-state index contributed by atoms with van der Waals surface area (Å²) in [5.41, 5.74) is 10.7. The van der Waals surface area contributed by atoms with Crippen molar-refractivity contribution in [3.8, 4) is 16.9 Å². The predicted molar refractivity (Wildman–Crippen MR) is 134 cm³/mol. The Kier molecular flexibility index (Phi) is 6.28. The van der Waals surface area contributed by atoms with Crippen molar-refractivity contribution in [2.24, 2.45) is 5.92 Å². The number of carbonyl (C=O) groups is 1. The number of anilines is 1. The largest absolute Gasteiger partial charge is 0.375 e. The normalized spacial score (nSPS) is 15.6. The Balaban J connectivity index is 1.35. The summed E-state index contributed by atoms with van der Waals surface area (Å²) in [5, 5.41) is 0.636. The van der Waals surface area contributed by atoms with Gasteiger partial charge >= 0.3 is 0 Å². The van der Waals surface area contributed by atoms with E-state index >= 15 is 0 Å². The molecule has 1 aliphatic rings. The number of halogens is 1. The molecule has 1 atom stereocenters. The monoisotopic (exact) mass is 474 g/mol. The van der Waals surface area contributed by atoms with Crippen molar-refractivity contribution in [2.75, 3.05) is 5.73 Å². The van der Waals surface area contributed by atoms with Crippen LogP contribution in [0.2, 0.25) is 0 Å². The molecule has 0 radical (unpaired) electrons. The van der Waals surface area contributed by atoms with E-state index in [2.05, 4.69) is 4.98 Å². The quantitative estimate of drug-likeness (QED) is 0.363. The molecule has 0 bridgehead atoms. The van der Waals surface area contributed by atoms with Gasteiger partial charge in [0.05, 0.1) is 17.8 Å². The van der Waals surface area contributed by atoms with Crippen molar-refractivity contribution in [2.45, 2.75) is 45.4 Å². The highest BCUT2D eigenvalue weighted by Crippen LogP contribution is 2.31. The van der Waals surface area contributed by atoms with Crippen molar-refractivity contribution >= 4 is 22.3 Å². The molecule has 1 aliphatic carbocycles. The molecule has 2 aromatic heterocycles. The molecule has 174 valence electrons. The van der Waals surface area contributed by atoms with Gasteiger partial charge in [0.15, 0.2) is 5.13 Å². The van der Waals surface area contributed by atoms with Gasteiger partial charge in [-0.25, -0.2) is 14.4 Å². The maximum atomic E-state index is 13.5. The molecule has 0 saturated heterocycles. The van der Waals surface area contributed by atoms with Crippen molar-refractivity contribution in [1.29, 1.82) is 0 Å². The Morgan fingerprint density at radius 2 is 1.82 bits per heavy atom. The fourth-order valence-corrected chi connectivity index (χ4v) is 5.51. The van der Waals surface area contributed by atoms with Gasteiger partial charge in [-0.3, -0.25) is 4.79 Å². The Hall–Kier alpha value is -3.32. The molecular weight excluding hydrogens is 447 g/mol. The first-order chi connectivity index (χ1) is 16.4. The van der Waals surface area contributed by atoms with Crippen molar-refractivity contribution in [3.63, 3.8) is 0 Å². The molecule has 2 N–H and O–H groups in total. The first-order valence-corrected chi connectivity index (χ1v) is 12.4. The first-order valence-electron chi connectivity index (χ1n) is 11.6. The number of thiazole rings is 1. The van der Waals surface area contributed by atoms with Crippen LogP contribution in [0.1, 0.15) is 41.2 Å². The number of nitrogen functional groups attached to an aromatic ring is 1. The maximum Gasteiger partial charge on any atom is 0.180 e. The highest BCUT2D eigenvalue weighted by Gasteiger charge is 2.23. The number of imidazole rings is 1. The lowest BCUT2D eigenvalue weighted by Gasteiger charge is -2.13. The standard InChI is InChI=1S/C27H27FN4OS/c1-17-2-6-19(7-3-17)24-16-32(21-10-8-20(28)9-11-21)26(30-24)15-22(33)14-18-4-12-23-25(13-5-18)34-27(29)31-23/h2-3,6-11,16,18H,4-5,12-15H2,1H3,(H2,29,31). The molecule has 7 heteroatoms. The Morgan fingerprint density at radius 3 is 2.59 bits per heavy atom. The minimum atomic E-state index is -0.293. The zero-order valence-corrected chi connectivity index (χ0v) is 19.9. The van der Waals surface area contributed by atoms with Gasteiger partial charge in [0, 0.05) is 28.7 Å². The van der Waals surface area contributed by atoms with E-state index in [-0.39, 0.29) is 18.0 Å². The molecule has 0 aliphatic heterocycles. The summed E-state index contributed by atoms with van der Waals surface area (Å²) in [6.45, 7) is 2.04. The molecule has 2 heterocycles. The third kappa shape index (κ3) is 4.94. The van der Waals surface area contributed by atoms with Gasteiger partial charge in [-0.2, -0.15) is 0 Å². The number of nitrogens with two attached hydrogens (primary N) is 1. The number of aromatic nitrogens is 3. The maximum absolute atomic E-state index is 13.5. The summed E-state index contributed by atoms with van der Waals surface area (Å²) in [7, 11) is 0. The number of hydrogen-bond acceptors (Lipinski definition) is 5. The SMILES string of the molecule is Cc1ccc(-c2cn(-c3ccc(F)cc3)c(CC(=O)CC3CCc4nc(N)sc4CC3)n2)cc1. The molecule has 4 aromatic rings. The second kappa shape index (κ2) is 9.50. The van der Waals surface area contributed by atoms with Gasteiger partial charge in [0.2, 0.25) is 0 Å². The smallest absolute Gasteiger partial charge is 0.180 e. The highest BCUT2D eigenvalue weighted by molar-refractivity contribution is 7.15. The number of rotatable bonds is 6. The number of hydrogen-bond donors (Lipinski definition) is 1. The van der Waals surface area contributed by atoms with Crippen molar-refractivity contribution < 1.29 is 9.18 Å². The van der Waals surface area contributed by atoms with Gasteiger partial charge in [0.1, 0.15) is 17.4 Å². The van der Waals surface area contributed by atoms with E-state index in [0.717, 1.165) is 48.3 Å². The van der Waals surface area contributed by atoms with Gasteiger partial charge in [0.25, 0.3) is 0 Å². The average Bonchev–Trinajstić information content (AvgIpc) is 3.34. The summed E-state index contributed by atoms with van der Waals surface area (Å²) < 4.78 is 15.4. The van der Waals surface area contributed by atoms with E-state index in [9.17, 15) is 9.18 Å². The third-order valence-corrected chi connectivity index (χ3v) is 7.45. The Bertz CT molecular complexity index is 1280. The van der Waals surface area contributed by atoms with Crippen LogP contribution in [0.5, 0.6) is 0 Å². The Labute approximate surface area is 202 Å². The molecule has 0 amide bonds. The average molecular weight is 475 g/mol. The van der Waals surface area contributed by atoms with Crippen LogP contribution < -0.4 is 5.73 Å². The third-order valence-electron chi connectivity index (χ3n) is 6.47. The van der Waals surface area contributed by atoms with E-state index in [1.807, 2.05) is 42.0 Å². The van der Waals surface area contributed by atoms with Crippen molar-refractivity contribution in [3.05, 3.63) is 82.5 Å². The van der Waals surface area contributed by atoms with Gasteiger partial charge < -0.3 is 10.3 Å². The number of aryl methyl sites for hydroxylation is 3. The molecule has 0 spiro atoms. The number of nitrogens with zero attached hydrogens (tertiary/aromatic N) is 3. The number of fused-ring (bicyclic) bond motifs is 1. The minimum Gasteiger partial charge on any atom is -0.375 e. The zero-order chi connectivity index (χ0) is 23.7. The second-order valence-electron chi connectivity index (χ2n) is 9.04. The first kappa shape index (κ1) is 22.5. The topological polar surface area (TPSA) is 73.8 Å². The van der Waals surface area contributed by atoms with Crippen molar-refractivity contribution in [1.82, 2.24) is 14.5 Å². The van der Waals surface area contributed by atoms with E-state index in [0.29, 0.717) is 23.3 Å². The van der Waals surface area contributed by atoms with Gasteiger partial charge in [-0.15, -0.1) is 11.3 Å². The zero-order valence-electron chi connectivity index (χ0n) is 19.1. The van der Waals surface area contributed by atoms with Crippen LogP contribution in [0.4, 0.5) is 9.52 Å². The number of Topliss-reactive ketones (excluding diaryl/α,β-unsaturated/α-hetero) is 1. The lowest BCUT2D eigenvalue weighted by Crippen LogP contribution is -2.14. The summed E-state index contributed by atoms with van der Waals surface area (Å²) in [6, 6.07) is 14.4. The van der Waals surface area contributed by atoms with Crippen LogP contribution in [0.25, 0.3) is 16.9 Å². The predicted octanol–water partition coefficient (Wildman–Crippen LogP) is 5.72. The molecule has 2 aromatic carbocycles. The van der Waals surface area contributed by atoms with Crippen LogP contribution in [0.15, 0.2) is 54.7 Å². The summed E-state index contributed by atoms with van der Waals surface area (Å²) in [6.07, 6.45) is 6.44. The fraction of sp³-hybridized carbons (Fsp3) is 0.296. The molecule has 34 heavy (non-hydrogen) atoms. The second-order valence-corrected chi connectivity index (χ2v) is 10.2. The van der Waals surface area contributed by atoms with E-state index < -0.39 is 0 Å². The van der Waals surface area contributed by atoms with Crippen LogP contribution in [0.3, 0.4) is 0 Å². The molecule has 5 nitrogen and oxygen atoms in total. The van der Waals surface area contributed by atoms with E-state index in [1.54, 1.807) is 23.5 Å². The lowest BCUT2D eigenvalue weighted by atomic mass is 9.93. The van der Waals surface area contributed by atoms with Crippen LogP contribution in [0, 0.1) is 18.7 Å². The Morgan fingerprint density at radius 1 is 1.09 bits per heavy atom. The van der Waals surface area contributed by atoms with Crippen LogP contribution >= 0.6 is 11.3 Å². The van der Waals surface area contributed by atoms with Gasteiger partial charge in [-0.1, -0.05) is 29.8 Å². The molecule has 1 unspecified atom stereocenters. The summed E-state index contributed by atoms with van der Waals surface area (Å²) in [4.78, 5) is 23.7. The highest BCUT2D eigenvalue weighted by atomic mass is 32.1. The number of ketones is 1. The summed E-state index contributed by atoms with van der Waals surface area (Å²) >= 11 is 1.57. The number of carbonyl (C=O) groups excluding carboxylic acids is 1. The minimum absolute atomic E-state index is 0.173. The van der Waals surface area contributed by atoms with E-state index in [4.69, 9.17) is 10.7 Å². The molecule has 0 saturated carbocycles. The van der Waals surface area contributed by atoms with Crippen LogP contribution in [-0.2, 0) is 24.1 Å².